The number of carbonyl (C=O) groups is 1. The summed E-state index contributed by atoms with van der Waals surface area (Å²) in [6.07, 6.45) is 5.77. The smallest absolute Gasteiger partial charge is 0.318 e. The first-order chi connectivity index (χ1) is 12.2. The van der Waals surface area contributed by atoms with Crippen LogP contribution in [0.3, 0.4) is 0 Å². The molecule has 2 aromatic rings. The Hall–Kier alpha value is -2.38. The van der Waals surface area contributed by atoms with E-state index in [1.54, 1.807) is 4.90 Å². The fraction of sp³-hybridized carbons (Fsp3) is 0.647. The highest BCUT2D eigenvalue weighted by Gasteiger charge is 2.28. The van der Waals surface area contributed by atoms with E-state index in [9.17, 15) is 4.79 Å². The monoisotopic (exact) mass is 345 g/mol. The summed E-state index contributed by atoms with van der Waals surface area (Å²) in [4.78, 5) is 18.5. The molecule has 0 aromatic carbocycles. The van der Waals surface area contributed by atoms with Crippen LogP contribution in [0.4, 0.5) is 4.79 Å². The van der Waals surface area contributed by atoms with Crippen molar-refractivity contribution in [3.63, 3.8) is 0 Å². The van der Waals surface area contributed by atoms with Gasteiger partial charge in [-0.15, -0.1) is 0 Å². The zero-order valence-corrected chi connectivity index (χ0v) is 14.4. The van der Waals surface area contributed by atoms with Crippen molar-refractivity contribution >= 4 is 6.03 Å². The summed E-state index contributed by atoms with van der Waals surface area (Å²) in [6, 6.07) is 1.76. The van der Waals surface area contributed by atoms with E-state index in [0.717, 1.165) is 37.1 Å². The molecule has 2 saturated carbocycles. The van der Waals surface area contributed by atoms with Crippen molar-refractivity contribution < 1.29 is 13.8 Å². The minimum absolute atomic E-state index is 0.173. The molecule has 0 aliphatic heterocycles. The molecule has 25 heavy (non-hydrogen) atoms. The highest BCUT2D eigenvalue weighted by atomic mass is 16.5. The molecule has 2 aromatic heterocycles. The lowest BCUT2D eigenvalue weighted by molar-refractivity contribution is 0.195. The second-order valence-electron chi connectivity index (χ2n) is 6.84. The molecule has 0 bridgehead atoms. The molecule has 8 nitrogen and oxygen atoms in total. The summed E-state index contributed by atoms with van der Waals surface area (Å²) in [5, 5.41) is 10.9. The predicted octanol–water partition coefficient (Wildman–Crippen LogP) is 2.93. The number of rotatable bonds is 7. The Bertz CT molecular complexity index is 732. The van der Waals surface area contributed by atoms with Crippen molar-refractivity contribution in [3.05, 3.63) is 29.2 Å². The highest BCUT2D eigenvalue weighted by Crippen LogP contribution is 2.40. The second-order valence-corrected chi connectivity index (χ2v) is 6.84. The Morgan fingerprint density at radius 1 is 1.24 bits per heavy atom. The molecule has 2 heterocycles. The number of nitrogens with one attached hydrogen (secondary N) is 1. The van der Waals surface area contributed by atoms with Gasteiger partial charge in [0, 0.05) is 24.4 Å². The summed E-state index contributed by atoms with van der Waals surface area (Å²) in [5.74, 6) is 3.10. The van der Waals surface area contributed by atoms with Crippen LogP contribution in [0.25, 0.3) is 0 Å². The molecule has 0 unspecified atom stereocenters. The van der Waals surface area contributed by atoms with Crippen LogP contribution in [0.1, 0.15) is 74.0 Å². The standard InChI is InChI=1S/C17H23N5O3/c1-2-22(10-15-19-16(25-21-15)12-4-3-5-12)17(23)18-9-13-8-14(24-20-13)11-6-7-11/h8,11-12H,2-7,9-10H2,1H3,(H,18,23). The molecule has 0 radical (unpaired) electrons. The quantitative estimate of drug-likeness (QED) is 0.828. The van der Waals surface area contributed by atoms with Gasteiger partial charge in [-0.05, 0) is 32.6 Å². The Morgan fingerprint density at radius 2 is 2.08 bits per heavy atom. The first kappa shape index (κ1) is 16.1. The van der Waals surface area contributed by atoms with Gasteiger partial charge in [0.05, 0.1) is 13.1 Å². The van der Waals surface area contributed by atoms with Crippen molar-refractivity contribution in [2.45, 2.75) is 64.0 Å². The van der Waals surface area contributed by atoms with Gasteiger partial charge in [-0.25, -0.2) is 4.79 Å². The lowest BCUT2D eigenvalue weighted by Gasteiger charge is -2.21. The van der Waals surface area contributed by atoms with Crippen molar-refractivity contribution in [1.82, 2.24) is 25.5 Å². The zero-order chi connectivity index (χ0) is 17.2. The van der Waals surface area contributed by atoms with E-state index >= 15 is 0 Å². The van der Waals surface area contributed by atoms with Crippen molar-refractivity contribution in [1.29, 1.82) is 0 Å². The molecule has 4 rings (SSSR count). The van der Waals surface area contributed by atoms with E-state index in [4.69, 9.17) is 9.05 Å². The third-order valence-electron chi connectivity index (χ3n) is 4.92. The number of nitrogens with zero attached hydrogens (tertiary/aromatic N) is 4. The van der Waals surface area contributed by atoms with Gasteiger partial charge in [-0.3, -0.25) is 0 Å². The summed E-state index contributed by atoms with van der Waals surface area (Å²) in [5.41, 5.74) is 0.748. The number of carbonyl (C=O) groups excluding carboxylic acids is 1. The maximum Gasteiger partial charge on any atom is 0.318 e. The van der Waals surface area contributed by atoms with Gasteiger partial charge in [0.25, 0.3) is 0 Å². The number of hydrogen-bond acceptors (Lipinski definition) is 6. The first-order valence-corrected chi connectivity index (χ1v) is 9.03. The van der Waals surface area contributed by atoms with Crippen LogP contribution in [0, 0.1) is 0 Å². The lowest BCUT2D eigenvalue weighted by atomic mass is 9.85. The molecule has 8 heteroatoms. The number of hydrogen-bond donors (Lipinski definition) is 1. The van der Waals surface area contributed by atoms with Crippen LogP contribution >= 0.6 is 0 Å². The SMILES string of the molecule is CCN(Cc1noc(C2CCC2)n1)C(=O)NCc1cc(C2CC2)on1. The molecule has 2 fully saturated rings. The van der Waals surface area contributed by atoms with Crippen LogP contribution in [-0.2, 0) is 13.1 Å². The average molecular weight is 345 g/mol. The number of aromatic nitrogens is 3. The molecule has 2 amide bonds. The van der Waals surface area contributed by atoms with Gasteiger partial charge in [-0.2, -0.15) is 4.98 Å². The lowest BCUT2D eigenvalue weighted by Crippen LogP contribution is -2.39. The van der Waals surface area contributed by atoms with Crippen LogP contribution in [-0.4, -0.2) is 32.8 Å². The van der Waals surface area contributed by atoms with E-state index in [-0.39, 0.29) is 6.03 Å². The molecule has 2 aliphatic carbocycles. The van der Waals surface area contributed by atoms with Crippen LogP contribution in [0.5, 0.6) is 0 Å². The largest absolute Gasteiger partial charge is 0.361 e. The normalized spacial score (nSPS) is 17.3. The molecular formula is C17H23N5O3. The van der Waals surface area contributed by atoms with Gasteiger partial charge in [-0.1, -0.05) is 16.7 Å². The Morgan fingerprint density at radius 3 is 2.76 bits per heavy atom. The van der Waals surface area contributed by atoms with Crippen molar-refractivity contribution in [2.24, 2.45) is 0 Å². The summed E-state index contributed by atoms with van der Waals surface area (Å²) < 4.78 is 10.6. The second kappa shape index (κ2) is 6.85. The maximum absolute atomic E-state index is 12.4. The highest BCUT2D eigenvalue weighted by molar-refractivity contribution is 5.73. The van der Waals surface area contributed by atoms with Crippen LogP contribution in [0.2, 0.25) is 0 Å². The van der Waals surface area contributed by atoms with Crippen LogP contribution < -0.4 is 5.32 Å². The summed E-state index contributed by atoms with van der Waals surface area (Å²) in [6.45, 7) is 3.18. The number of urea groups is 1. The van der Waals surface area contributed by atoms with E-state index in [1.807, 2.05) is 13.0 Å². The maximum atomic E-state index is 12.4. The van der Waals surface area contributed by atoms with Gasteiger partial charge < -0.3 is 19.3 Å². The molecule has 0 spiro atoms. The minimum atomic E-state index is -0.173. The number of amides is 2. The molecule has 0 atom stereocenters. The predicted molar refractivity (Wildman–Crippen MR) is 87.7 cm³/mol. The summed E-state index contributed by atoms with van der Waals surface area (Å²) in [7, 11) is 0. The van der Waals surface area contributed by atoms with E-state index in [2.05, 4.69) is 20.6 Å². The average Bonchev–Trinajstić information content (AvgIpc) is 3.14. The fourth-order valence-electron chi connectivity index (χ4n) is 2.90. The van der Waals surface area contributed by atoms with Gasteiger partial charge in [0.1, 0.15) is 11.5 Å². The Kier molecular flexibility index (Phi) is 4.42. The van der Waals surface area contributed by atoms with Crippen molar-refractivity contribution in [2.75, 3.05) is 6.54 Å². The van der Waals surface area contributed by atoms with Gasteiger partial charge in [0.15, 0.2) is 5.82 Å². The molecule has 134 valence electrons. The van der Waals surface area contributed by atoms with E-state index in [1.165, 1.54) is 6.42 Å². The molecular weight excluding hydrogens is 322 g/mol. The zero-order valence-electron chi connectivity index (χ0n) is 14.4. The van der Waals surface area contributed by atoms with Gasteiger partial charge in [0.2, 0.25) is 5.89 Å². The fourth-order valence-corrected chi connectivity index (χ4v) is 2.90. The third-order valence-corrected chi connectivity index (χ3v) is 4.92. The Balaban J connectivity index is 1.29. The van der Waals surface area contributed by atoms with E-state index < -0.39 is 0 Å². The third kappa shape index (κ3) is 3.67. The van der Waals surface area contributed by atoms with Crippen LogP contribution in [0.15, 0.2) is 15.1 Å². The Labute approximate surface area is 145 Å². The topological polar surface area (TPSA) is 97.3 Å². The van der Waals surface area contributed by atoms with Crippen molar-refractivity contribution in [3.8, 4) is 0 Å². The summed E-state index contributed by atoms with van der Waals surface area (Å²) >= 11 is 0. The molecule has 2 aliphatic rings. The molecule has 1 N–H and O–H groups in total. The van der Waals surface area contributed by atoms with Gasteiger partial charge >= 0.3 is 6.03 Å². The first-order valence-electron chi connectivity index (χ1n) is 9.03. The minimum Gasteiger partial charge on any atom is -0.361 e. The van der Waals surface area contributed by atoms with E-state index in [0.29, 0.717) is 43.2 Å². The molecule has 0 saturated heterocycles.